The molecule has 0 radical (unpaired) electrons. The molecule has 5 nitrogen and oxygen atoms in total. The number of hydrogen-bond donors (Lipinski definition) is 1. The molecule has 0 aliphatic heterocycles. The number of benzene rings is 2. The molecule has 0 saturated carbocycles. The molecule has 2 aromatic carbocycles. The molecule has 3 rings (SSSR count). The fourth-order valence-corrected chi connectivity index (χ4v) is 2.49. The van der Waals surface area contributed by atoms with Gasteiger partial charge in [-0.05, 0) is 37.1 Å². The first-order valence-corrected chi connectivity index (χ1v) is 7.64. The Kier molecular flexibility index (Phi) is 4.61. The van der Waals surface area contributed by atoms with E-state index in [9.17, 15) is 4.79 Å². The van der Waals surface area contributed by atoms with Gasteiger partial charge in [0.2, 0.25) is 0 Å². The molecule has 24 heavy (non-hydrogen) atoms. The molecule has 0 bridgehead atoms. The lowest BCUT2D eigenvalue weighted by molar-refractivity contribution is 0.155. The van der Waals surface area contributed by atoms with E-state index < -0.39 is 6.09 Å². The highest BCUT2D eigenvalue weighted by molar-refractivity contribution is 5.85. The number of anilines is 1. The van der Waals surface area contributed by atoms with Crippen LogP contribution >= 0.6 is 0 Å². The van der Waals surface area contributed by atoms with Gasteiger partial charge < -0.3 is 9.26 Å². The standard InChI is InChI=1S/C19H18N2O3/c1-13-18(14(2)24-21-13)16-8-10-17(11-9-16)20-19(22)23-12-15-6-4-3-5-7-15/h3-11H,12H2,1-2H3,(H,20,22). The minimum atomic E-state index is -0.482. The quantitative estimate of drug-likeness (QED) is 0.755. The SMILES string of the molecule is Cc1noc(C)c1-c1ccc(NC(=O)OCc2ccccc2)cc1. The van der Waals surface area contributed by atoms with Crippen LogP contribution in [0, 0.1) is 13.8 Å². The molecule has 1 amide bonds. The van der Waals surface area contributed by atoms with Gasteiger partial charge in [0.1, 0.15) is 12.4 Å². The second-order valence-electron chi connectivity index (χ2n) is 5.46. The number of rotatable bonds is 4. The van der Waals surface area contributed by atoms with Crippen molar-refractivity contribution in [1.82, 2.24) is 5.16 Å². The van der Waals surface area contributed by atoms with Crippen LogP contribution < -0.4 is 5.32 Å². The van der Waals surface area contributed by atoms with Crippen LogP contribution in [0.5, 0.6) is 0 Å². The number of aryl methyl sites for hydroxylation is 2. The number of carbonyl (C=O) groups excluding carboxylic acids is 1. The Balaban J connectivity index is 1.61. The minimum Gasteiger partial charge on any atom is -0.444 e. The average Bonchev–Trinajstić information content (AvgIpc) is 2.93. The van der Waals surface area contributed by atoms with Crippen molar-refractivity contribution < 1.29 is 14.1 Å². The summed E-state index contributed by atoms with van der Waals surface area (Å²) in [6, 6.07) is 17.0. The van der Waals surface area contributed by atoms with E-state index in [0.29, 0.717) is 5.69 Å². The molecule has 0 aliphatic rings. The fraction of sp³-hybridized carbons (Fsp3) is 0.158. The highest BCUT2D eigenvalue weighted by Gasteiger charge is 2.11. The number of nitrogens with zero attached hydrogens (tertiary/aromatic N) is 1. The Morgan fingerprint density at radius 3 is 2.42 bits per heavy atom. The van der Waals surface area contributed by atoms with Crippen molar-refractivity contribution in [3.63, 3.8) is 0 Å². The van der Waals surface area contributed by atoms with E-state index in [-0.39, 0.29) is 6.61 Å². The molecule has 0 unspecified atom stereocenters. The molecule has 0 spiro atoms. The van der Waals surface area contributed by atoms with Gasteiger partial charge >= 0.3 is 6.09 Å². The van der Waals surface area contributed by atoms with E-state index in [1.165, 1.54) is 0 Å². The highest BCUT2D eigenvalue weighted by Crippen LogP contribution is 2.27. The van der Waals surface area contributed by atoms with Crippen LogP contribution in [0.15, 0.2) is 59.1 Å². The van der Waals surface area contributed by atoms with Crippen LogP contribution in [0.4, 0.5) is 10.5 Å². The summed E-state index contributed by atoms with van der Waals surface area (Å²) < 4.78 is 10.4. The van der Waals surface area contributed by atoms with Gasteiger partial charge in [0.05, 0.1) is 5.69 Å². The van der Waals surface area contributed by atoms with E-state index in [1.807, 2.05) is 68.4 Å². The molecule has 0 saturated heterocycles. The zero-order chi connectivity index (χ0) is 16.9. The summed E-state index contributed by atoms with van der Waals surface area (Å²) in [7, 11) is 0. The monoisotopic (exact) mass is 322 g/mol. The number of ether oxygens (including phenoxy) is 1. The largest absolute Gasteiger partial charge is 0.444 e. The average molecular weight is 322 g/mol. The normalized spacial score (nSPS) is 10.4. The zero-order valence-corrected chi connectivity index (χ0v) is 13.6. The van der Waals surface area contributed by atoms with Crippen molar-refractivity contribution in [2.45, 2.75) is 20.5 Å². The summed E-state index contributed by atoms with van der Waals surface area (Å²) in [5.74, 6) is 0.774. The Morgan fingerprint density at radius 1 is 1.08 bits per heavy atom. The summed E-state index contributed by atoms with van der Waals surface area (Å²) in [6.07, 6.45) is -0.482. The number of nitrogens with one attached hydrogen (secondary N) is 1. The molecular formula is C19H18N2O3. The van der Waals surface area contributed by atoms with Gasteiger partial charge in [0.25, 0.3) is 0 Å². The van der Waals surface area contributed by atoms with Crippen molar-refractivity contribution in [2.75, 3.05) is 5.32 Å². The molecule has 1 heterocycles. The summed E-state index contributed by atoms with van der Waals surface area (Å²) in [4.78, 5) is 11.8. The molecule has 122 valence electrons. The number of aromatic nitrogens is 1. The summed E-state index contributed by atoms with van der Waals surface area (Å²) in [5.41, 5.74) is 4.43. The Hall–Kier alpha value is -3.08. The molecule has 0 fully saturated rings. The van der Waals surface area contributed by atoms with Gasteiger partial charge in [0, 0.05) is 11.3 Å². The molecule has 5 heteroatoms. The Labute approximate surface area is 140 Å². The zero-order valence-electron chi connectivity index (χ0n) is 13.6. The van der Waals surface area contributed by atoms with Gasteiger partial charge in [0.15, 0.2) is 0 Å². The Morgan fingerprint density at radius 2 is 1.79 bits per heavy atom. The maximum Gasteiger partial charge on any atom is 0.411 e. The predicted octanol–water partition coefficient (Wildman–Crippen LogP) is 4.71. The van der Waals surface area contributed by atoms with Crippen molar-refractivity contribution in [2.24, 2.45) is 0 Å². The van der Waals surface area contributed by atoms with Gasteiger partial charge in [-0.25, -0.2) is 4.79 Å². The van der Waals surface area contributed by atoms with Crippen molar-refractivity contribution >= 4 is 11.8 Å². The van der Waals surface area contributed by atoms with E-state index in [2.05, 4.69) is 10.5 Å². The summed E-state index contributed by atoms with van der Waals surface area (Å²) >= 11 is 0. The van der Waals surface area contributed by atoms with Gasteiger partial charge in [-0.2, -0.15) is 0 Å². The van der Waals surface area contributed by atoms with Crippen LogP contribution in [0.25, 0.3) is 11.1 Å². The molecule has 3 aromatic rings. The van der Waals surface area contributed by atoms with Crippen LogP contribution in [0.3, 0.4) is 0 Å². The number of carbonyl (C=O) groups is 1. The number of amides is 1. The first-order chi connectivity index (χ1) is 11.6. The first kappa shape index (κ1) is 15.8. The van der Waals surface area contributed by atoms with Crippen LogP contribution in [0.1, 0.15) is 17.0 Å². The second kappa shape index (κ2) is 7.00. The number of hydrogen-bond acceptors (Lipinski definition) is 4. The van der Waals surface area contributed by atoms with E-state index in [0.717, 1.165) is 28.1 Å². The van der Waals surface area contributed by atoms with Gasteiger partial charge in [-0.1, -0.05) is 47.6 Å². The fourth-order valence-electron chi connectivity index (χ4n) is 2.49. The van der Waals surface area contributed by atoms with Gasteiger partial charge in [-0.15, -0.1) is 0 Å². The second-order valence-corrected chi connectivity index (χ2v) is 5.46. The van der Waals surface area contributed by atoms with Crippen LogP contribution in [-0.4, -0.2) is 11.2 Å². The summed E-state index contributed by atoms with van der Waals surface area (Å²) in [5, 5.41) is 6.67. The van der Waals surface area contributed by atoms with Crippen molar-refractivity contribution in [3.8, 4) is 11.1 Å². The van der Waals surface area contributed by atoms with E-state index >= 15 is 0 Å². The first-order valence-electron chi connectivity index (χ1n) is 7.64. The molecule has 1 aromatic heterocycles. The van der Waals surface area contributed by atoms with Crippen molar-refractivity contribution in [3.05, 3.63) is 71.6 Å². The lowest BCUT2D eigenvalue weighted by atomic mass is 10.0. The van der Waals surface area contributed by atoms with E-state index in [4.69, 9.17) is 9.26 Å². The third kappa shape index (κ3) is 3.63. The maximum absolute atomic E-state index is 11.8. The lowest BCUT2D eigenvalue weighted by Crippen LogP contribution is -2.13. The smallest absolute Gasteiger partial charge is 0.411 e. The van der Waals surface area contributed by atoms with E-state index in [1.54, 1.807) is 0 Å². The lowest BCUT2D eigenvalue weighted by Gasteiger charge is -2.08. The molecule has 0 atom stereocenters. The minimum absolute atomic E-state index is 0.240. The topological polar surface area (TPSA) is 64.4 Å². The molecule has 1 N–H and O–H groups in total. The third-order valence-corrected chi connectivity index (χ3v) is 3.67. The predicted molar refractivity (Wildman–Crippen MR) is 91.7 cm³/mol. The van der Waals surface area contributed by atoms with Crippen LogP contribution in [0.2, 0.25) is 0 Å². The van der Waals surface area contributed by atoms with Crippen LogP contribution in [-0.2, 0) is 11.3 Å². The molecular weight excluding hydrogens is 304 g/mol. The maximum atomic E-state index is 11.8. The Bertz CT molecular complexity index is 804. The molecule has 0 aliphatic carbocycles. The summed E-state index contributed by atoms with van der Waals surface area (Å²) in [6.45, 7) is 4.02. The van der Waals surface area contributed by atoms with Gasteiger partial charge in [-0.3, -0.25) is 5.32 Å². The third-order valence-electron chi connectivity index (χ3n) is 3.67. The highest BCUT2D eigenvalue weighted by atomic mass is 16.5. The van der Waals surface area contributed by atoms with Crippen molar-refractivity contribution in [1.29, 1.82) is 0 Å².